The van der Waals surface area contributed by atoms with Crippen LogP contribution in [0.15, 0.2) is 18.2 Å². The van der Waals surface area contributed by atoms with Gasteiger partial charge in [0.2, 0.25) is 5.91 Å². The second kappa shape index (κ2) is 5.69. The van der Waals surface area contributed by atoms with E-state index in [0.717, 1.165) is 0 Å². The number of likely N-dealkylation sites (N-methyl/N-ethyl adjacent to an activating group) is 1. The molecule has 0 saturated carbocycles. The monoisotopic (exact) mass is 319 g/mol. The van der Waals surface area contributed by atoms with Gasteiger partial charge in [-0.2, -0.15) is 0 Å². The Balaban J connectivity index is 2.09. The molecule has 1 unspecified atom stereocenters. The van der Waals surface area contributed by atoms with Gasteiger partial charge in [-0.05, 0) is 18.6 Å². The number of hydrogen-bond donors (Lipinski definition) is 0. The summed E-state index contributed by atoms with van der Waals surface area (Å²) in [5.41, 5.74) is 0.145. The molecular weight excluding hydrogens is 305 g/mol. The van der Waals surface area contributed by atoms with Gasteiger partial charge in [-0.1, -0.05) is 17.7 Å². The second-order valence-electron chi connectivity index (χ2n) is 4.94. The number of amides is 1. The van der Waals surface area contributed by atoms with Crippen molar-refractivity contribution >= 4 is 27.3 Å². The van der Waals surface area contributed by atoms with Crippen molar-refractivity contribution in [3.05, 3.63) is 34.6 Å². The first-order valence-corrected chi connectivity index (χ1v) is 8.39. The van der Waals surface area contributed by atoms with E-state index in [4.69, 9.17) is 11.6 Å². The first kappa shape index (κ1) is 15.3. The minimum Gasteiger partial charge on any atom is -0.341 e. The average molecular weight is 320 g/mol. The average Bonchev–Trinajstić information content (AvgIpc) is 2.73. The number of carbonyl (C=O) groups is 1. The Labute approximate surface area is 122 Å². The molecule has 1 amide bonds. The molecule has 1 heterocycles. The van der Waals surface area contributed by atoms with E-state index >= 15 is 0 Å². The van der Waals surface area contributed by atoms with Gasteiger partial charge in [0.25, 0.3) is 0 Å². The van der Waals surface area contributed by atoms with E-state index in [9.17, 15) is 17.6 Å². The normalized spacial score (nSPS) is 20.9. The summed E-state index contributed by atoms with van der Waals surface area (Å²) in [6, 6.07) is 3.90. The molecule has 1 fully saturated rings. The van der Waals surface area contributed by atoms with Gasteiger partial charge in [0.1, 0.15) is 5.82 Å². The molecule has 7 heteroatoms. The largest absolute Gasteiger partial charge is 0.341 e. The molecule has 0 spiro atoms. The molecular formula is C13H15ClFNO3S. The zero-order valence-electron chi connectivity index (χ0n) is 11.0. The maximum Gasteiger partial charge on any atom is 0.227 e. The summed E-state index contributed by atoms with van der Waals surface area (Å²) in [6.45, 7) is 0. The lowest BCUT2D eigenvalue weighted by Gasteiger charge is -2.23. The number of benzene rings is 1. The van der Waals surface area contributed by atoms with Crippen LogP contribution >= 0.6 is 11.6 Å². The Kier molecular flexibility index (Phi) is 4.34. The van der Waals surface area contributed by atoms with Crippen LogP contribution in [0.4, 0.5) is 4.39 Å². The molecule has 20 heavy (non-hydrogen) atoms. The van der Waals surface area contributed by atoms with Crippen LogP contribution in [0.1, 0.15) is 12.0 Å². The number of hydrogen-bond acceptors (Lipinski definition) is 3. The summed E-state index contributed by atoms with van der Waals surface area (Å²) < 4.78 is 36.5. The highest BCUT2D eigenvalue weighted by atomic mass is 35.5. The SMILES string of the molecule is CN(C(=O)Cc1c(F)cccc1Cl)C1CCS(=O)(=O)C1. The molecule has 1 aliphatic rings. The van der Waals surface area contributed by atoms with Crippen molar-refractivity contribution in [1.29, 1.82) is 0 Å². The topological polar surface area (TPSA) is 54.5 Å². The van der Waals surface area contributed by atoms with Gasteiger partial charge in [-0.25, -0.2) is 12.8 Å². The molecule has 0 radical (unpaired) electrons. The predicted octanol–water partition coefficient (Wildman–Crippen LogP) is 1.67. The summed E-state index contributed by atoms with van der Waals surface area (Å²) in [5.74, 6) is -0.798. The van der Waals surface area contributed by atoms with Gasteiger partial charge >= 0.3 is 0 Å². The van der Waals surface area contributed by atoms with Gasteiger partial charge in [0.15, 0.2) is 9.84 Å². The number of nitrogens with zero attached hydrogens (tertiary/aromatic N) is 1. The van der Waals surface area contributed by atoms with Crippen LogP contribution in [0.25, 0.3) is 0 Å². The third-order valence-electron chi connectivity index (χ3n) is 3.54. The minimum atomic E-state index is -3.06. The Morgan fingerprint density at radius 1 is 1.50 bits per heavy atom. The summed E-state index contributed by atoms with van der Waals surface area (Å²) >= 11 is 5.88. The fraction of sp³-hybridized carbons (Fsp3) is 0.462. The molecule has 0 aromatic heterocycles. The maximum absolute atomic E-state index is 13.6. The van der Waals surface area contributed by atoms with Crippen LogP contribution in [-0.2, 0) is 21.1 Å². The van der Waals surface area contributed by atoms with Crippen molar-refractivity contribution in [2.24, 2.45) is 0 Å². The van der Waals surface area contributed by atoms with Crippen LogP contribution in [-0.4, -0.2) is 43.8 Å². The summed E-state index contributed by atoms with van der Waals surface area (Å²) in [4.78, 5) is 13.5. The molecule has 4 nitrogen and oxygen atoms in total. The lowest BCUT2D eigenvalue weighted by atomic mass is 10.1. The van der Waals surface area contributed by atoms with Crippen molar-refractivity contribution in [2.75, 3.05) is 18.6 Å². The third-order valence-corrected chi connectivity index (χ3v) is 5.64. The van der Waals surface area contributed by atoms with Gasteiger partial charge < -0.3 is 4.90 Å². The molecule has 0 N–H and O–H groups in total. The van der Waals surface area contributed by atoms with E-state index in [1.54, 1.807) is 7.05 Å². The highest BCUT2D eigenvalue weighted by Crippen LogP contribution is 2.22. The quantitative estimate of drug-likeness (QED) is 0.851. The molecule has 0 aliphatic carbocycles. The van der Waals surface area contributed by atoms with Crippen molar-refractivity contribution < 1.29 is 17.6 Å². The minimum absolute atomic E-state index is 0.0275. The van der Waals surface area contributed by atoms with Crippen molar-refractivity contribution in [2.45, 2.75) is 18.9 Å². The van der Waals surface area contributed by atoms with Crippen molar-refractivity contribution in [3.63, 3.8) is 0 Å². The highest BCUT2D eigenvalue weighted by Gasteiger charge is 2.32. The molecule has 110 valence electrons. The maximum atomic E-state index is 13.6. The van der Waals surface area contributed by atoms with Crippen LogP contribution in [0, 0.1) is 5.82 Å². The van der Waals surface area contributed by atoms with Gasteiger partial charge in [-0.15, -0.1) is 0 Å². The van der Waals surface area contributed by atoms with Crippen molar-refractivity contribution in [1.82, 2.24) is 4.90 Å². The lowest BCUT2D eigenvalue weighted by molar-refractivity contribution is -0.130. The molecule has 0 bridgehead atoms. The zero-order valence-corrected chi connectivity index (χ0v) is 12.5. The van der Waals surface area contributed by atoms with Crippen LogP contribution < -0.4 is 0 Å². The van der Waals surface area contributed by atoms with E-state index in [1.165, 1.54) is 23.1 Å². The molecule has 1 aromatic carbocycles. The van der Waals surface area contributed by atoms with Crippen LogP contribution in [0.5, 0.6) is 0 Å². The first-order valence-electron chi connectivity index (χ1n) is 6.19. The van der Waals surface area contributed by atoms with Gasteiger partial charge in [0, 0.05) is 23.7 Å². The summed E-state index contributed by atoms with van der Waals surface area (Å²) in [7, 11) is -1.51. The molecule has 1 saturated heterocycles. The standard InChI is InChI=1S/C13H15ClFNO3S/c1-16(9-5-6-20(18,19)8-9)13(17)7-10-11(14)3-2-4-12(10)15/h2-4,9H,5-8H2,1H3. The highest BCUT2D eigenvalue weighted by molar-refractivity contribution is 7.91. The van der Waals surface area contributed by atoms with Crippen LogP contribution in [0.2, 0.25) is 5.02 Å². The predicted molar refractivity (Wildman–Crippen MR) is 74.9 cm³/mol. The molecule has 1 atom stereocenters. The van der Waals surface area contributed by atoms with Crippen molar-refractivity contribution in [3.8, 4) is 0 Å². The second-order valence-corrected chi connectivity index (χ2v) is 7.57. The van der Waals surface area contributed by atoms with E-state index in [0.29, 0.717) is 6.42 Å². The Morgan fingerprint density at radius 2 is 2.20 bits per heavy atom. The Bertz CT molecular complexity index is 612. The lowest BCUT2D eigenvalue weighted by Crippen LogP contribution is -2.38. The number of carbonyl (C=O) groups excluding carboxylic acids is 1. The number of halogens is 2. The third kappa shape index (κ3) is 3.30. The van der Waals surface area contributed by atoms with Gasteiger partial charge in [0.05, 0.1) is 17.9 Å². The summed E-state index contributed by atoms with van der Waals surface area (Å²) in [5, 5.41) is 0.200. The van der Waals surface area contributed by atoms with E-state index in [-0.39, 0.29) is 40.5 Å². The fourth-order valence-electron chi connectivity index (χ4n) is 2.26. The summed E-state index contributed by atoms with van der Waals surface area (Å²) in [6.07, 6.45) is 0.258. The first-order chi connectivity index (χ1) is 9.30. The van der Waals surface area contributed by atoms with E-state index in [2.05, 4.69) is 0 Å². The smallest absolute Gasteiger partial charge is 0.227 e. The fourth-order valence-corrected chi connectivity index (χ4v) is 4.27. The Morgan fingerprint density at radius 3 is 2.75 bits per heavy atom. The Hall–Kier alpha value is -1.14. The molecule has 1 aromatic rings. The van der Waals surface area contributed by atoms with Gasteiger partial charge in [-0.3, -0.25) is 4.79 Å². The van der Waals surface area contributed by atoms with E-state index in [1.807, 2.05) is 0 Å². The number of sulfone groups is 1. The molecule has 1 aliphatic heterocycles. The zero-order chi connectivity index (χ0) is 14.9. The number of rotatable bonds is 3. The van der Waals surface area contributed by atoms with E-state index < -0.39 is 15.7 Å². The molecule has 2 rings (SSSR count). The van der Waals surface area contributed by atoms with Crippen LogP contribution in [0.3, 0.4) is 0 Å².